The van der Waals surface area contributed by atoms with E-state index in [1.165, 1.54) is 18.2 Å². The van der Waals surface area contributed by atoms with Crippen LogP contribution in [-0.2, 0) is 6.42 Å². The molecule has 2 nitrogen and oxygen atoms in total. The van der Waals surface area contributed by atoms with E-state index in [2.05, 4.69) is 5.43 Å². The van der Waals surface area contributed by atoms with Crippen LogP contribution in [0.1, 0.15) is 17.2 Å². The van der Waals surface area contributed by atoms with Gasteiger partial charge in [0, 0.05) is 15.1 Å². The first-order chi connectivity index (χ1) is 9.49. The molecule has 20 heavy (non-hydrogen) atoms. The molecule has 2 rings (SSSR count). The second-order valence-corrected chi connectivity index (χ2v) is 5.64. The fraction of sp³-hybridized carbons (Fsp3) is 0.143. The first kappa shape index (κ1) is 15.5. The van der Waals surface area contributed by atoms with Gasteiger partial charge >= 0.3 is 0 Å². The van der Waals surface area contributed by atoms with Crippen molar-refractivity contribution >= 4 is 34.8 Å². The molecule has 2 aromatic carbocycles. The number of nitrogens with two attached hydrogens (primary N) is 1. The maximum atomic E-state index is 13.3. The van der Waals surface area contributed by atoms with Gasteiger partial charge in [0.05, 0.1) is 6.04 Å². The summed E-state index contributed by atoms with van der Waals surface area (Å²) < 4.78 is 13.3. The summed E-state index contributed by atoms with van der Waals surface area (Å²) in [5.41, 5.74) is 4.14. The van der Waals surface area contributed by atoms with Gasteiger partial charge < -0.3 is 0 Å². The molecule has 2 aromatic rings. The normalized spacial score (nSPS) is 12.4. The summed E-state index contributed by atoms with van der Waals surface area (Å²) in [6.45, 7) is 0. The summed E-state index contributed by atoms with van der Waals surface area (Å²) in [5, 5.41) is 1.51. The Labute approximate surface area is 131 Å². The minimum Gasteiger partial charge on any atom is -0.271 e. The molecule has 0 saturated carbocycles. The predicted octanol–water partition coefficient (Wildman–Crippen LogP) is 4.53. The monoisotopic (exact) mass is 332 g/mol. The van der Waals surface area contributed by atoms with E-state index >= 15 is 0 Å². The van der Waals surface area contributed by atoms with Crippen LogP contribution in [0.15, 0.2) is 36.4 Å². The minimum absolute atomic E-state index is 0.273. The minimum atomic E-state index is -0.343. The van der Waals surface area contributed by atoms with Crippen molar-refractivity contribution in [3.8, 4) is 0 Å². The number of nitrogens with one attached hydrogen (secondary N) is 1. The summed E-state index contributed by atoms with van der Waals surface area (Å²) in [4.78, 5) is 0. The molecule has 0 heterocycles. The van der Waals surface area contributed by atoms with Crippen LogP contribution in [0, 0.1) is 5.82 Å². The molecule has 0 aromatic heterocycles. The Morgan fingerprint density at radius 1 is 1.05 bits per heavy atom. The van der Waals surface area contributed by atoms with E-state index < -0.39 is 0 Å². The molecule has 0 radical (unpaired) electrons. The molecule has 0 spiro atoms. The van der Waals surface area contributed by atoms with Crippen molar-refractivity contribution in [2.45, 2.75) is 12.5 Å². The first-order valence-corrected chi connectivity index (χ1v) is 6.99. The van der Waals surface area contributed by atoms with Gasteiger partial charge in [-0.1, -0.05) is 34.8 Å². The van der Waals surface area contributed by atoms with Gasteiger partial charge in [0.15, 0.2) is 0 Å². The summed E-state index contributed by atoms with van der Waals surface area (Å²) in [6, 6.07) is 9.09. The summed E-state index contributed by atoms with van der Waals surface area (Å²) >= 11 is 18.0. The Morgan fingerprint density at radius 3 is 2.30 bits per heavy atom. The molecule has 0 aliphatic carbocycles. The zero-order chi connectivity index (χ0) is 14.7. The van der Waals surface area contributed by atoms with Gasteiger partial charge in [0.1, 0.15) is 5.82 Å². The number of benzene rings is 2. The lowest BCUT2D eigenvalue weighted by Crippen LogP contribution is -2.29. The molecule has 3 N–H and O–H groups in total. The van der Waals surface area contributed by atoms with Gasteiger partial charge in [-0.2, -0.15) is 0 Å². The zero-order valence-corrected chi connectivity index (χ0v) is 12.6. The highest BCUT2D eigenvalue weighted by Gasteiger charge is 2.14. The molecule has 1 atom stereocenters. The molecule has 0 amide bonds. The summed E-state index contributed by atoms with van der Waals surface area (Å²) in [7, 11) is 0. The summed E-state index contributed by atoms with van der Waals surface area (Å²) in [6.07, 6.45) is 0.420. The number of rotatable bonds is 4. The standard InChI is InChI=1S/C14H12Cl3FN2/c15-10-3-9(4-11(16)7-10)14(20-19)6-8-5-12(18)1-2-13(8)17/h1-5,7,14,20H,6,19H2. The Morgan fingerprint density at radius 2 is 1.70 bits per heavy atom. The van der Waals surface area contributed by atoms with Crippen LogP contribution in [0.5, 0.6) is 0 Å². The van der Waals surface area contributed by atoms with Crippen molar-refractivity contribution in [1.29, 1.82) is 0 Å². The second-order valence-electron chi connectivity index (χ2n) is 4.36. The van der Waals surface area contributed by atoms with E-state index in [-0.39, 0.29) is 11.9 Å². The van der Waals surface area contributed by atoms with E-state index in [9.17, 15) is 4.39 Å². The molecule has 0 saturated heterocycles. The Bertz CT molecular complexity index is 599. The molecule has 1 unspecified atom stereocenters. The van der Waals surface area contributed by atoms with Gasteiger partial charge in [-0.25, -0.2) is 4.39 Å². The predicted molar refractivity (Wildman–Crippen MR) is 81.6 cm³/mol. The molecular formula is C14H12Cl3FN2. The van der Waals surface area contributed by atoms with Crippen molar-refractivity contribution in [1.82, 2.24) is 5.43 Å². The van der Waals surface area contributed by atoms with Crippen LogP contribution >= 0.6 is 34.8 Å². The zero-order valence-electron chi connectivity index (χ0n) is 10.3. The fourth-order valence-electron chi connectivity index (χ4n) is 1.97. The number of halogens is 4. The van der Waals surface area contributed by atoms with Crippen LogP contribution in [0.25, 0.3) is 0 Å². The Hall–Kier alpha value is -0.840. The van der Waals surface area contributed by atoms with Crippen LogP contribution in [-0.4, -0.2) is 0 Å². The third-order valence-electron chi connectivity index (χ3n) is 2.92. The molecule has 6 heteroatoms. The van der Waals surface area contributed by atoms with E-state index in [4.69, 9.17) is 40.6 Å². The highest BCUT2D eigenvalue weighted by Crippen LogP contribution is 2.27. The van der Waals surface area contributed by atoms with Crippen LogP contribution < -0.4 is 11.3 Å². The molecule has 0 bridgehead atoms. The third-order valence-corrected chi connectivity index (χ3v) is 3.73. The molecule has 0 aliphatic heterocycles. The molecule has 0 fully saturated rings. The van der Waals surface area contributed by atoms with Crippen molar-refractivity contribution in [3.05, 3.63) is 68.4 Å². The molecule has 106 valence electrons. The van der Waals surface area contributed by atoms with Gasteiger partial charge in [0.2, 0.25) is 0 Å². The maximum Gasteiger partial charge on any atom is 0.123 e. The quantitative estimate of drug-likeness (QED) is 0.637. The number of hydrogen-bond donors (Lipinski definition) is 2. The lowest BCUT2D eigenvalue weighted by Gasteiger charge is -2.18. The number of hydrogen-bond acceptors (Lipinski definition) is 2. The number of hydrazine groups is 1. The van der Waals surface area contributed by atoms with E-state index in [1.54, 1.807) is 18.2 Å². The summed E-state index contributed by atoms with van der Waals surface area (Å²) in [5.74, 6) is 5.22. The molecular weight excluding hydrogens is 322 g/mol. The van der Waals surface area contributed by atoms with E-state index in [1.807, 2.05) is 0 Å². The van der Waals surface area contributed by atoms with Crippen molar-refractivity contribution < 1.29 is 4.39 Å². The van der Waals surface area contributed by atoms with E-state index in [0.29, 0.717) is 27.1 Å². The second kappa shape index (κ2) is 6.74. The average molecular weight is 334 g/mol. The van der Waals surface area contributed by atoms with Gasteiger partial charge in [-0.05, 0) is 53.9 Å². The molecule has 0 aliphatic rings. The van der Waals surface area contributed by atoms with Crippen molar-refractivity contribution in [3.63, 3.8) is 0 Å². The lowest BCUT2D eigenvalue weighted by atomic mass is 9.99. The Balaban J connectivity index is 2.30. The largest absolute Gasteiger partial charge is 0.271 e. The Kier molecular flexibility index (Phi) is 5.24. The topological polar surface area (TPSA) is 38.0 Å². The highest BCUT2D eigenvalue weighted by molar-refractivity contribution is 6.34. The lowest BCUT2D eigenvalue weighted by molar-refractivity contribution is 0.548. The average Bonchev–Trinajstić information content (AvgIpc) is 2.38. The van der Waals surface area contributed by atoms with E-state index in [0.717, 1.165) is 5.56 Å². The third kappa shape index (κ3) is 3.84. The van der Waals surface area contributed by atoms with Gasteiger partial charge in [-0.15, -0.1) is 0 Å². The first-order valence-electron chi connectivity index (χ1n) is 5.85. The van der Waals surface area contributed by atoms with Crippen LogP contribution in [0.3, 0.4) is 0 Å². The highest BCUT2D eigenvalue weighted by atomic mass is 35.5. The van der Waals surface area contributed by atoms with Gasteiger partial charge in [-0.3, -0.25) is 11.3 Å². The van der Waals surface area contributed by atoms with Crippen molar-refractivity contribution in [2.75, 3.05) is 0 Å². The van der Waals surface area contributed by atoms with Crippen molar-refractivity contribution in [2.24, 2.45) is 5.84 Å². The van der Waals surface area contributed by atoms with Crippen LogP contribution in [0.4, 0.5) is 4.39 Å². The maximum absolute atomic E-state index is 13.3. The smallest absolute Gasteiger partial charge is 0.123 e. The fourth-order valence-corrected chi connectivity index (χ4v) is 2.71. The SMILES string of the molecule is NNC(Cc1cc(F)ccc1Cl)c1cc(Cl)cc(Cl)c1. The van der Waals surface area contributed by atoms with Gasteiger partial charge in [0.25, 0.3) is 0 Å². The van der Waals surface area contributed by atoms with Crippen LogP contribution in [0.2, 0.25) is 15.1 Å².